The third kappa shape index (κ3) is 6.97. The summed E-state index contributed by atoms with van der Waals surface area (Å²) < 4.78 is 5.51. The molecule has 1 aliphatic rings. The molecule has 0 spiro atoms. The Morgan fingerprint density at radius 3 is 2.36 bits per heavy atom. The van der Waals surface area contributed by atoms with Gasteiger partial charge >= 0.3 is 6.09 Å². The van der Waals surface area contributed by atoms with Crippen LogP contribution in [-0.2, 0) is 4.74 Å². The Morgan fingerprint density at radius 2 is 1.86 bits per heavy atom. The normalized spacial score (nSPS) is 23.2. The molecule has 0 aromatic rings. The zero-order valence-electron chi connectivity index (χ0n) is 15.1. The maximum Gasteiger partial charge on any atom is 0.410 e. The molecule has 22 heavy (non-hydrogen) atoms. The average Bonchev–Trinajstić information content (AvgIpc) is 2.30. The number of hydrogen-bond donors (Lipinski definition) is 2. The minimum Gasteiger partial charge on any atom is -0.444 e. The van der Waals surface area contributed by atoms with E-state index < -0.39 is 5.60 Å². The highest BCUT2D eigenvalue weighted by atomic mass is 16.6. The molecule has 0 aromatic heterocycles. The van der Waals surface area contributed by atoms with Gasteiger partial charge in [-0.2, -0.15) is 0 Å². The van der Waals surface area contributed by atoms with E-state index in [9.17, 15) is 9.90 Å². The molecule has 1 fully saturated rings. The molecule has 1 amide bonds. The van der Waals surface area contributed by atoms with Crippen LogP contribution in [0.5, 0.6) is 0 Å². The number of rotatable bonds is 4. The van der Waals surface area contributed by atoms with Gasteiger partial charge in [0.2, 0.25) is 0 Å². The van der Waals surface area contributed by atoms with E-state index in [1.54, 1.807) is 4.90 Å². The Hall–Kier alpha value is -0.810. The number of carbonyl (C=O) groups excluding carboxylic acids is 1. The van der Waals surface area contributed by atoms with E-state index in [4.69, 9.17) is 4.74 Å². The lowest BCUT2D eigenvalue weighted by atomic mass is 9.93. The van der Waals surface area contributed by atoms with Crippen LogP contribution in [0.1, 0.15) is 67.2 Å². The van der Waals surface area contributed by atoms with Crippen molar-refractivity contribution in [2.24, 2.45) is 0 Å². The lowest BCUT2D eigenvalue weighted by molar-refractivity contribution is 0.00610. The van der Waals surface area contributed by atoms with E-state index in [0.29, 0.717) is 19.1 Å². The fourth-order valence-corrected chi connectivity index (χ4v) is 2.75. The number of nitrogens with one attached hydrogen (secondary N) is 1. The van der Waals surface area contributed by atoms with E-state index in [1.807, 2.05) is 41.5 Å². The molecular formula is C17H34N2O3. The van der Waals surface area contributed by atoms with E-state index in [-0.39, 0.29) is 17.7 Å². The molecule has 2 atom stereocenters. The Kier molecular flexibility index (Phi) is 6.68. The van der Waals surface area contributed by atoms with Gasteiger partial charge in [-0.15, -0.1) is 0 Å². The highest BCUT2D eigenvalue weighted by molar-refractivity contribution is 5.69. The summed E-state index contributed by atoms with van der Waals surface area (Å²) in [6, 6.07) is 0.351. The standard InChI is InChI=1S/C17H34N2O3/c1-16(2,3)19(15(21)22-17(4,5)6)11-10-18-13-8-7-9-14(20)12-13/h13-14,18,20H,7-12H2,1-6H3. The predicted octanol–water partition coefficient (Wildman–Crippen LogP) is 2.92. The molecule has 2 N–H and O–H groups in total. The SMILES string of the molecule is CC(C)(C)OC(=O)N(CCNC1CCCC(O)C1)C(C)(C)C. The molecule has 5 heteroatoms. The number of ether oxygens (including phenoxy) is 1. The Morgan fingerprint density at radius 1 is 1.23 bits per heavy atom. The van der Waals surface area contributed by atoms with Crippen LogP contribution in [0.4, 0.5) is 4.79 Å². The van der Waals surface area contributed by atoms with Crippen LogP contribution in [0.15, 0.2) is 0 Å². The van der Waals surface area contributed by atoms with Crippen LogP contribution >= 0.6 is 0 Å². The zero-order chi connectivity index (χ0) is 17.0. The van der Waals surface area contributed by atoms with E-state index in [2.05, 4.69) is 5.32 Å². The minimum absolute atomic E-state index is 0.184. The number of aliphatic hydroxyl groups excluding tert-OH is 1. The van der Waals surface area contributed by atoms with Gasteiger partial charge in [-0.25, -0.2) is 4.79 Å². The molecule has 0 heterocycles. The number of nitrogens with zero attached hydrogens (tertiary/aromatic N) is 1. The maximum atomic E-state index is 12.4. The van der Waals surface area contributed by atoms with Crippen LogP contribution in [0.25, 0.3) is 0 Å². The highest BCUT2D eigenvalue weighted by Gasteiger charge is 2.30. The molecule has 5 nitrogen and oxygen atoms in total. The van der Waals surface area contributed by atoms with Gasteiger partial charge in [0, 0.05) is 24.7 Å². The Labute approximate surface area is 135 Å². The topological polar surface area (TPSA) is 61.8 Å². The van der Waals surface area contributed by atoms with Crippen LogP contribution in [0, 0.1) is 0 Å². The highest BCUT2D eigenvalue weighted by Crippen LogP contribution is 2.20. The molecule has 1 rings (SSSR count). The third-order valence-electron chi connectivity index (χ3n) is 3.84. The molecule has 0 radical (unpaired) electrons. The van der Waals surface area contributed by atoms with Crippen LogP contribution in [0.3, 0.4) is 0 Å². The van der Waals surface area contributed by atoms with Crippen molar-refractivity contribution in [3.05, 3.63) is 0 Å². The lowest BCUT2D eigenvalue weighted by Gasteiger charge is -2.37. The first-order valence-electron chi connectivity index (χ1n) is 8.41. The van der Waals surface area contributed by atoms with Gasteiger partial charge in [0.15, 0.2) is 0 Å². The fourth-order valence-electron chi connectivity index (χ4n) is 2.75. The number of carbonyl (C=O) groups is 1. The van der Waals surface area contributed by atoms with Crippen LogP contribution < -0.4 is 5.32 Å². The first-order valence-corrected chi connectivity index (χ1v) is 8.41. The van der Waals surface area contributed by atoms with Gasteiger partial charge in [-0.05, 0) is 67.2 Å². The van der Waals surface area contributed by atoms with Crippen molar-refractivity contribution in [2.45, 2.75) is 90.5 Å². The van der Waals surface area contributed by atoms with Crippen molar-refractivity contribution in [1.29, 1.82) is 0 Å². The molecule has 2 unspecified atom stereocenters. The zero-order valence-corrected chi connectivity index (χ0v) is 15.1. The van der Waals surface area contributed by atoms with Gasteiger partial charge in [0.1, 0.15) is 5.60 Å². The third-order valence-corrected chi connectivity index (χ3v) is 3.84. The summed E-state index contributed by atoms with van der Waals surface area (Å²) in [5, 5.41) is 13.2. The first kappa shape index (κ1) is 19.2. The fraction of sp³-hybridized carbons (Fsp3) is 0.941. The molecule has 1 saturated carbocycles. The van der Waals surface area contributed by atoms with E-state index in [0.717, 1.165) is 25.7 Å². The molecule has 0 saturated heterocycles. The van der Waals surface area contributed by atoms with Gasteiger partial charge < -0.3 is 20.1 Å². The van der Waals surface area contributed by atoms with Gasteiger partial charge in [0.25, 0.3) is 0 Å². The van der Waals surface area contributed by atoms with Crippen LogP contribution in [0.2, 0.25) is 0 Å². The Balaban J connectivity index is 2.50. The number of hydrogen-bond acceptors (Lipinski definition) is 4. The Bertz CT molecular complexity index is 358. The summed E-state index contributed by atoms with van der Waals surface area (Å²) in [6.07, 6.45) is 3.42. The maximum absolute atomic E-state index is 12.4. The van der Waals surface area contributed by atoms with Gasteiger partial charge in [-0.1, -0.05) is 0 Å². The molecule has 0 aliphatic heterocycles. The second kappa shape index (κ2) is 7.64. The molecule has 1 aliphatic carbocycles. The number of aliphatic hydroxyl groups is 1. The summed E-state index contributed by atoms with van der Waals surface area (Å²) in [7, 11) is 0. The van der Waals surface area contributed by atoms with Crippen molar-refractivity contribution in [1.82, 2.24) is 10.2 Å². The van der Waals surface area contributed by atoms with Crippen molar-refractivity contribution < 1.29 is 14.6 Å². The number of amides is 1. The smallest absolute Gasteiger partial charge is 0.410 e. The largest absolute Gasteiger partial charge is 0.444 e. The van der Waals surface area contributed by atoms with Crippen molar-refractivity contribution in [3.8, 4) is 0 Å². The van der Waals surface area contributed by atoms with E-state index >= 15 is 0 Å². The summed E-state index contributed by atoms with van der Waals surface area (Å²) in [6.45, 7) is 13.0. The summed E-state index contributed by atoms with van der Waals surface area (Å²) in [4.78, 5) is 14.1. The van der Waals surface area contributed by atoms with Crippen molar-refractivity contribution in [2.75, 3.05) is 13.1 Å². The molecule has 0 bridgehead atoms. The van der Waals surface area contributed by atoms with Gasteiger partial charge in [0.05, 0.1) is 6.10 Å². The summed E-state index contributed by atoms with van der Waals surface area (Å²) in [5.41, 5.74) is -0.766. The lowest BCUT2D eigenvalue weighted by Crippen LogP contribution is -2.51. The van der Waals surface area contributed by atoms with Crippen LogP contribution in [-0.4, -0.2) is 52.5 Å². The van der Waals surface area contributed by atoms with Crippen molar-refractivity contribution >= 4 is 6.09 Å². The molecule has 0 aromatic carbocycles. The second-order valence-corrected chi connectivity index (χ2v) is 8.27. The predicted molar refractivity (Wildman–Crippen MR) is 89.0 cm³/mol. The first-order chi connectivity index (χ1) is 9.99. The monoisotopic (exact) mass is 314 g/mol. The minimum atomic E-state index is -0.485. The molecular weight excluding hydrogens is 280 g/mol. The van der Waals surface area contributed by atoms with Gasteiger partial charge in [-0.3, -0.25) is 0 Å². The van der Waals surface area contributed by atoms with E-state index in [1.165, 1.54) is 0 Å². The second-order valence-electron chi connectivity index (χ2n) is 8.27. The average molecular weight is 314 g/mol. The van der Waals surface area contributed by atoms with Crippen molar-refractivity contribution in [3.63, 3.8) is 0 Å². The quantitative estimate of drug-likeness (QED) is 0.837. The molecule has 130 valence electrons. The summed E-state index contributed by atoms with van der Waals surface area (Å²) in [5.74, 6) is 0. The summed E-state index contributed by atoms with van der Waals surface area (Å²) >= 11 is 0.